The molecule has 0 atom stereocenters. The van der Waals surface area contributed by atoms with Gasteiger partial charge in [-0.1, -0.05) is 17.7 Å². The van der Waals surface area contributed by atoms with E-state index in [2.05, 4.69) is 16.4 Å². The van der Waals surface area contributed by atoms with Gasteiger partial charge in [0.15, 0.2) is 5.16 Å². The van der Waals surface area contributed by atoms with Crippen LogP contribution >= 0.6 is 11.6 Å². The molecular formula is C8H11ClN2O2. The number of carbonyl (C=O) groups is 1. The van der Waals surface area contributed by atoms with Crippen molar-refractivity contribution in [1.82, 2.24) is 0 Å². The SMILES string of the molecule is C=N/C(Cl)=C(N)\C(=C/C)C(=O)OC. The van der Waals surface area contributed by atoms with Crippen molar-refractivity contribution in [3.63, 3.8) is 0 Å². The van der Waals surface area contributed by atoms with Gasteiger partial charge in [-0.2, -0.15) is 0 Å². The second-order valence-corrected chi connectivity index (χ2v) is 2.41. The third-order valence-electron chi connectivity index (χ3n) is 1.35. The van der Waals surface area contributed by atoms with Gasteiger partial charge in [0.2, 0.25) is 0 Å². The second kappa shape index (κ2) is 5.37. The Labute approximate surface area is 81.7 Å². The molecule has 0 saturated carbocycles. The van der Waals surface area contributed by atoms with Crippen molar-refractivity contribution < 1.29 is 9.53 Å². The number of aliphatic imine (C=N–C) groups is 1. The van der Waals surface area contributed by atoms with Crippen LogP contribution in [0.4, 0.5) is 0 Å². The zero-order chi connectivity index (χ0) is 10.4. The van der Waals surface area contributed by atoms with Crippen molar-refractivity contribution in [2.24, 2.45) is 10.7 Å². The van der Waals surface area contributed by atoms with Crippen molar-refractivity contribution in [2.75, 3.05) is 7.11 Å². The predicted octanol–water partition coefficient (Wildman–Crippen LogP) is 1.17. The van der Waals surface area contributed by atoms with Crippen molar-refractivity contribution in [3.05, 3.63) is 22.5 Å². The van der Waals surface area contributed by atoms with Crippen LogP contribution in [-0.4, -0.2) is 19.8 Å². The molecule has 0 aromatic carbocycles. The lowest BCUT2D eigenvalue weighted by Crippen LogP contribution is -2.13. The number of hydrogen-bond acceptors (Lipinski definition) is 4. The molecule has 0 aromatic rings. The Hall–Kier alpha value is -1.29. The minimum Gasteiger partial charge on any atom is -0.465 e. The van der Waals surface area contributed by atoms with Crippen LogP contribution in [-0.2, 0) is 9.53 Å². The molecule has 0 spiro atoms. The van der Waals surface area contributed by atoms with Crippen LogP contribution in [0.3, 0.4) is 0 Å². The molecule has 2 N–H and O–H groups in total. The molecule has 0 radical (unpaired) electrons. The highest BCUT2D eigenvalue weighted by Gasteiger charge is 2.13. The third kappa shape index (κ3) is 2.91. The summed E-state index contributed by atoms with van der Waals surface area (Å²) >= 11 is 5.57. The highest BCUT2D eigenvalue weighted by Crippen LogP contribution is 2.14. The van der Waals surface area contributed by atoms with E-state index in [0.717, 1.165) is 0 Å². The summed E-state index contributed by atoms with van der Waals surface area (Å²) in [6, 6.07) is 0. The summed E-state index contributed by atoms with van der Waals surface area (Å²) in [7, 11) is 1.26. The van der Waals surface area contributed by atoms with Crippen LogP contribution in [0.2, 0.25) is 0 Å². The van der Waals surface area contributed by atoms with E-state index in [1.54, 1.807) is 6.92 Å². The van der Waals surface area contributed by atoms with Gasteiger partial charge in [0.1, 0.15) is 0 Å². The molecule has 0 aliphatic heterocycles. The van der Waals surface area contributed by atoms with Gasteiger partial charge >= 0.3 is 5.97 Å². The molecule has 5 heteroatoms. The lowest BCUT2D eigenvalue weighted by Gasteiger charge is -2.04. The standard InChI is InChI=1S/C8H11ClN2O2/c1-4-5(8(12)13-3)6(10)7(9)11-2/h4H,2,10H2,1,3H3/b5-4+,7-6+. The van der Waals surface area contributed by atoms with Crippen molar-refractivity contribution >= 4 is 24.3 Å². The van der Waals surface area contributed by atoms with E-state index in [4.69, 9.17) is 17.3 Å². The molecule has 0 rings (SSSR count). The fourth-order valence-corrected chi connectivity index (χ4v) is 0.791. The van der Waals surface area contributed by atoms with E-state index in [1.807, 2.05) is 0 Å². The van der Waals surface area contributed by atoms with E-state index in [0.29, 0.717) is 0 Å². The normalized spacial score (nSPS) is 13.3. The summed E-state index contributed by atoms with van der Waals surface area (Å²) in [6.07, 6.45) is 1.49. The molecule has 0 heterocycles. The number of nitrogens with zero attached hydrogens (tertiary/aromatic N) is 1. The van der Waals surface area contributed by atoms with Gasteiger partial charge in [-0.05, 0) is 13.6 Å². The first-order valence-corrected chi connectivity index (χ1v) is 3.83. The van der Waals surface area contributed by atoms with Gasteiger partial charge in [0.25, 0.3) is 0 Å². The fraction of sp³-hybridized carbons (Fsp3) is 0.250. The number of halogens is 1. The Kier molecular flexibility index (Phi) is 4.84. The topological polar surface area (TPSA) is 64.7 Å². The molecule has 0 aromatic heterocycles. The fourth-order valence-electron chi connectivity index (χ4n) is 0.690. The first-order valence-electron chi connectivity index (χ1n) is 3.45. The maximum Gasteiger partial charge on any atom is 0.339 e. The van der Waals surface area contributed by atoms with E-state index in [9.17, 15) is 4.79 Å². The molecule has 0 unspecified atom stereocenters. The zero-order valence-electron chi connectivity index (χ0n) is 7.50. The summed E-state index contributed by atoms with van der Waals surface area (Å²) in [5, 5.41) is -0.0153. The van der Waals surface area contributed by atoms with E-state index in [1.165, 1.54) is 13.2 Å². The Morgan fingerprint density at radius 2 is 2.23 bits per heavy atom. The van der Waals surface area contributed by atoms with E-state index >= 15 is 0 Å². The predicted molar refractivity (Wildman–Crippen MR) is 52.4 cm³/mol. The highest BCUT2D eigenvalue weighted by atomic mass is 35.5. The van der Waals surface area contributed by atoms with Gasteiger partial charge < -0.3 is 10.5 Å². The average Bonchev–Trinajstić information content (AvgIpc) is 2.17. The number of hydrogen-bond donors (Lipinski definition) is 1. The molecule has 4 nitrogen and oxygen atoms in total. The number of ether oxygens (including phenoxy) is 1. The summed E-state index contributed by atoms with van der Waals surface area (Å²) in [5.41, 5.74) is 5.75. The van der Waals surface area contributed by atoms with Gasteiger partial charge in [0.05, 0.1) is 18.4 Å². The monoisotopic (exact) mass is 202 g/mol. The summed E-state index contributed by atoms with van der Waals surface area (Å²) in [5.74, 6) is -0.554. The third-order valence-corrected chi connectivity index (χ3v) is 1.67. The lowest BCUT2D eigenvalue weighted by molar-refractivity contribution is -0.135. The van der Waals surface area contributed by atoms with Crippen LogP contribution < -0.4 is 5.73 Å². The molecule has 0 fully saturated rings. The molecule has 0 aliphatic carbocycles. The summed E-state index contributed by atoms with van der Waals surface area (Å²) < 4.78 is 4.48. The molecule has 72 valence electrons. The number of allylic oxidation sites excluding steroid dienone is 1. The van der Waals surface area contributed by atoms with Crippen molar-refractivity contribution in [2.45, 2.75) is 6.92 Å². The molecular weight excluding hydrogens is 192 g/mol. The number of nitrogens with two attached hydrogens (primary N) is 1. The van der Waals surface area contributed by atoms with E-state index in [-0.39, 0.29) is 16.4 Å². The Morgan fingerprint density at radius 3 is 2.54 bits per heavy atom. The van der Waals surface area contributed by atoms with Gasteiger partial charge in [-0.15, -0.1) is 0 Å². The molecule has 0 aliphatic rings. The number of carbonyl (C=O) groups excluding carboxylic acids is 1. The molecule has 0 saturated heterocycles. The van der Waals surface area contributed by atoms with Crippen LogP contribution in [0.25, 0.3) is 0 Å². The Balaban J connectivity index is 5.03. The number of esters is 1. The Bertz CT molecular complexity index is 282. The quantitative estimate of drug-likeness (QED) is 0.246. The smallest absolute Gasteiger partial charge is 0.339 e. The summed E-state index contributed by atoms with van der Waals surface area (Å²) in [6.45, 7) is 4.83. The minimum absolute atomic E-state index is 0.0153. The van der Waals surface area contributed by atoms with Gasteiger partial charge in [-0.3, -0.25) is 4.99 Å². The van der Waals surface area contributed by atoms with Gasteiger partial charge in [0, 0.05) is 0 Å². The summed E-state index contributed by atoms with van der Waals surface area (Å²) in [4.78, 5) is 14.5. The molecule has 0 bridgehead atoms. The first-order chi connectivity index (χ1) is 6.08. The van der Waals surface area contributed by atoms with Crippen LogP contribution in [0.15, 0.2) is 27.5 Å². The minimum atomic E-state index is -0.554. The maximum atomic E-state index is 11.1. The zero-order valence-corrected chi connectivity index (χ0v) is 8.26. The Morgan fingerprint density at radius 1 is 1.69 bits per heavy atom. The van der Waals surface area contributed by atoms with Crippen molar-refractivity contribution in [3.8, 4) is 0 Å². The van der Waals surface area contributed by atoms with Crippen molar-refractivity contribution in [1.29, 1.82) is 0 Å². The van der Waals surface area contributed by atoms with Gasteiger partial charge in [-0.25, -0.2) is 4.79 Å². The molecule has 13 heavy (non-hydrogen) atoms. The number of rotatable bonds is 3. The van der Waals surface area contributed by atoms with Crippen LogP contribution in [0, 0.1) is 0 Å². The number of methoxy groups -OCH3 is 1. The molecule has 0 amide bonds. The van der Waals surface area contributed by atoms with Crippen LogP contribution in [0.1, 0.15) is 6.92 Å². The lowest BCUT2D eigenvalue weighted by atomic mass is 10.2. The highest BCUT2D eigenvalue weighted by molar-refractivity contribution is 6.30. The van der Waals surface area contributed by atoms with Crippen LogP contribution in [0.5, 0.6) is 0 Å². The second-order valence-electron chi connectivity index (χ2n) is 2.06. The van der Waals surface area contributed by atoms with E-state index < -0.39 is 5.97 Å². The average molecular weight is 203 g/mol. The first kappa shape index (κ1) is 11.7. The maximum absolute atomic E-state index is 11.1. The largest absolute Gasteiger partial charge is 0.465 e.